The molecule has 1 aliphatic heterocycles. The highest BCUT2D eigenvalue weighted by Gasteiger charge is 2.29. The van der Waals surface area contributed by atoms with Gasteiger partial charge in [-0.05, 0) is 61.1 Å². The number of ether oxygens (including phenoxy) is 1. The van der Waals surface area contributed by atoms with Crippen LogP contribution in [0, 0.1) is 5.92 Å². The predicted octanol–water partition coefficient (Wildman–Crippen LogP) is 2.62. The van der Waals surface area contributed by atoms with Gasteiger partial charge >= 0.3 is 0 Å². The molecule has 2 amide bonds. The van der Waals surface area contributed by atoms with Gasteiger partial charge in [-0.2, -0.15) is 0 Å². The summed E-state index contributed by atoms with van der Waals surface area (Å²) < 4.78 is 5.17. The van der Waals surface area contributed by atoms with Crippen LogP contribution in [0.2, 0.25) is 0 Å². The Balaban J connectivity index is 1.41. The fraction of sp³-hybridized carbons (Fsp3) is 0.435. The van der Waals surface area contributed by atoms with Gasteiger partial charge in [-0.3, -0.25) is 14.6 Å². The third-order valence-electron chi connectivity index (χ3n) is 5.39. The van der Waals surface area contributed by atoms with Gasteiger partial charge in [0.25, 0.3) is 0 Å². The smallest absolute Gasteiger partial charge is 0.224 e. The number of nitrogens with zero attached hydrogens (tertiary/aromatic N) is 2. The van der Waals surface area contributed by atoms with Crippen molar-refractivity contribution in [3.8, 4) is 5.75 Å². The summed E-state index contributed by atoms with van der Waals surface area (Å²) >= 11 is 0. The molecule has 0 saturated carbocycles. The topological polar surface area (TPSA) is 71.5 Å². The molecule has 0 unspecified atom stereocenters. The van der Waals surface area contributed by atoms with E-state index < -0.39 is 0 Å². The summed E-state index contributed by atoms with van der Waals surface area (Å²) in [7, 11) is 1.64. The molecule has 2 aromatic rings. The third-order valence-corrected chi connectivity index (χ3v) is 5.39. The summed E-state index contributed by atoms with van der Waals surface area (Å²) in [6.07, 6.45) is 7.23. The number of carbonyl (C=O) groups excluding carboxylic acids is 2. The maximum atomic E-state index is 12.5. The molecule has 6 heteroatoms. The Morgan fingerprint density at radius 2 is 1.86 bits per heavy atom. The van der Waals surface area contributed by atoms with Gasteiger partial charge in [0.05, 0.1) is 13.0 Å². The van der Waals surface area contributed by atoms with Crippen molar-refractivity contribution >= 4 is 11.8 Å². The van der Waals surface area contributed by atoms with Crippen LogP contribution in [0.4, 0.5) is 0 Å². The van der Waals surface area contributed by atoms with E-state index in [2.05, 4.69) is 10.3 Å². The number of carbonyl (C=O) groups is 2. The second-order valence-corrected chi connectivity index (χ2v) is 7.42. The van der Waals surface area contributed by atoms with Crippen molar-refractivity contribution in [2.24, 2.45) is 5.92 Å². The molecule has 0 aliphatic carbocycles. The molecule has 1 aliphatic rings. The molecule has 1 fully saturated rings. The summed E-state index contributed by atoms with van der Waals surface area (Å²) in [6, 6.07) is 11.9. The number of likely N-dealkylation sites (tertiary alicyclic amines) is 1. The molecule has 1 aromatic carbocycles. The lowest BCUT2D eigenvalue weighted by Gasteiger charge is -2.32. The van der Waals surface area contributed by atoms with Crippen LogP contribution in [0.1, 0.15) is 30.4 Å². The third kappa shape index (κ3) is 6.31. The minimum absolute atomic E-state index is 0.0571. The molecule has 29 heavy (non-hydrogen) atoms. The number of rotatable bonds is 9. The molecule has 2 heterocycles. The van der Waals surface area contributed by atoms with Crippen LogP contribution in [0.3, 0.4) is 0 Å². The fourth-order valence-electron chi connectivity index (χ4n) is 3.60. The number of hydrogen-bond donors (Lipinski definition) is 1. The van der Waals surface area contributed by atoms with E-state index in [-0.39, 0.29) is 17.7 Å². The lowest BCUT2D eigenvalue weighted by molar-refractivity contribution is -0.138. The number of amides is 2. The second kappa shape index (κ2) is 10.6. The molecule has 1 aromatic heterocycles. The normalized spacial score (nSPS) is 16.5. The van der Waals surface area contributed by atoms with Crippen molar-refractivity contribution in [2.45, 2.75) is 32.1 Å². The Labute approximate surface area is 172 Å². The van der Waals surface area contributed by atoms with Gasteiger partial charge in [0.2, 0.25) is 11.8 Å². The summed E-state index contributed by atoms with van der Waals surface area (Å²) in [5.41, 5.74) is 2.38. The number of nitrogens with one attached hydrogen (secondary N) is 1. The highest BCUT2D eigenvalue weighted by atomic mass is 16.5. The molecule has 1 atom stereocenters. The first kappa shape index (κ1) is 20.8. The molecular formula is C23H29N3O3. The number of hydrogen-bond acceptors (Lipinski definition) is 4. The molecular weight excluding hydrogens is 366 g/mol. The van der Waals surface area contributed by atoms with Crippen molar-refractivity contribution in [2.75, 3.05) is 26.7 Å². The van der Waals surface area contributed by atoms with Crippen molar-refractivity contribution in [1.82, 2.24) is 15.2 Å². The summed E-state index contributed by atoms with van der Waals surface area (Å²) in [5, 5.41) is 3.04. The maximum absolute atomic E-state index is 12.5. The molecule has 3 rings (SSSR count). The number of methoxy groups -OCH3 is 1. The standard InChI is InChI=1S/C23H29N3O3/c1-29-21-7-4-19(5-8-21)12-16-26-17-20(6-9-22(26)27)23(28)25-13-2-3-18-10-14-24-15-11-18/h4-5,7-8,10-11,14-15,20H,2-3,6,9,12-13,16-17H2,1H3,(H,25,28)/t20-/m1/s1. The first-order chi connectivity index (χ1) is 14.2. The second-order valence-electron chi connectivity index (χ2n) is 7.42. The number of aryl methyl sites for hydroxylation is 1. The minimum Gasteiger partial charge on any atom is -0.497 e. The first-order valence-electron chi connectivity index (χ1n) is 10.2. The van der Waals surface area contributed by atoms with Crippen molar-refractivity contribution < 1.29 is 14.3 Å². The largest absolute Gasteiger partial charge is 0.497 e. The van der Waals surface area contributed by atoms with E-state index in [9.17, 15) is 9.59 Å². The quantitative estimate of drug-likeness (QED) is 0.663. The average molecular weight is 396 g/mol. The van der Waals surface area contributed by atoms with Crippen LogP contribution < -0.4 is 10.1 Å². The molecule has 154 valence electrons. The Kier molecular flexibility index (Phi) is 7.61. The van der Waals surface area contributed by atoms with E-state index in [1.165, 1.54) is 5.56 Å². The maximum Gasteiger partial charge on any atom is 0.224 e. The Morgan fingerprint density at radius 1 is 1.14 bits per heavy atom. The number of pyridine rings is 1. The van der Waals surface area contributed by atoms with E-state index in [1.807, 2.05) is 41.3 Å². The van der Waals surface area contributed by atoms with Crippen LogP contribution in [0.5, 0.6) is 5.75 Å². The van der Waals surface area contributed by atoms with Crippen LogP contribution in [0.15, 0.2) is 48.8 Å². The van der Waals surface area contributed by atoms with E-state index in [1.54, 1.807) is 19.5 Å². The molecule has 0 bridgehead atoms. The molecule has 0 spiro atoms. The van der Waals surface area contributed by atoms with Crippen molar-refractivity contribution in [3.63, 3.8) is 0 Å². The number of aromatic nitrogens is 1. The number of piperidine rings is 1. The molecule has 0 radical (unpaired) electrons. The van der Waals surface area contributed by atoms with E-state index in [0.717, 1.165) is 30.6 Å². The minimum atomic E-state index is -0.121. The lowest BCUT2D eigenvalue weighted by Crippen LogP contribution is -2.46. The van der Waals surface area contributed by atoms with Crippen molar-refractivity contribution in [3.05, 3.63) is 59.9 Å². The molecule has 6 nitrogen and oxygen atoms in total. The van der Waals surface area contributed by atoms with Gasteiger partial charge < -0.3 is 15.0 Å². The molecule has 1 saturated heterocycles. The van der Waals surface area contributed by atoms with E-state index >= 15 is 0 Å². The van der Waals surface area contributed by atoms with Gasteiger partial charge in [0, 0.05) is 38.4 Å². The highest BCUT2D eigenvalue weighted by molar-refractivity contribution is 5.83. The lowest BCUT2D eigenvalue weighted by atomic mass is 9.96. The fourth-order valence-corrected chi connectivity index (χ4v) is 3.60. The van der Waals surface area contributed by atoms with Crippen LogP contribution >= 0.6 is 0 Å². The van der Waals surface area contributed by atoms with E-state index in [4.69, 9.17) is 4.74 Å². The Bertz CT molecular complexity index is 793. The first-order valence-corrected chi connectivity index (χ1v) is 10.2. The van der Waals surface area contributed by atoms with Gasteiger partial charge in [-0.1, -0.05) is 12.1 Å². The number of benzene rings is 1. The highest BCUT2D eigenvalue weighted by Crippen LogP contribution is 2.19. The summed E-state index contributed by atoms with van der Waals surface area (Å²) in [6.45, 7) is 1.79. The zero-order valence-corrected chi connectivity index (χ0v) is 17.0. The zero-order chi connectivity index (χ0) is 20.5. The predicted molar refractivity (Wildman–Crippen MR) is 112 cm³/mol. The monoisotopic (exact) mass is 395 g/mol. The van der Waals surface area contributed by atoms with Crippen LogP contribution in [-0.4, -0.2) is 48.4 Å². The van der Waals surface area contributed by atoms with Gasteiger partial charge in [-0.15, -0.1) is 0 Å². The van der Waals surface area contributed by atoms with Gasteiger partial charge in [0.15, 0.2) is 0 Å². The van der Waals surface area contributed by atoms with Crippen LogP contribution in [-0.2, 0) is 22.4 Å². The van der Waals surface area contributed by atoms with Gasteiger partial charge in [0.1, 0.15) is 5.75 Å². The summed E-state index contributed by atoms with van der Waals surface area (Å²) in [5.74, 6) is 0.898. The SMILES string of the molecule is COc1ccc(CCN2C[C@H](C(=O)NCCCc3ccncc3)CCC2=O)cc1. The zero-order valence-electron chi connectivity index (χ0n) is 17.0. The Morgan fingerprint density at radius 3 is 2.59 bits per heavy atom. The summed E-state index contributed by atoms with van der Waals surface area (Å²) in [4.78, 5) is 30.6. The Hall–Kier alpha value is -2.89. The van der Waals surface area contributed by atoms with Crippen molar-refractivity contribution in [1.29, 1.82) is 0 Å². The van der Waals surface area contributed by atoms with Crippen LogP contribution in [0.25, 0.3) is 0 Å². The van der Waals surface area contributed by atoms with Gasteiger partial charge in [-0.25, -0.2) is 0 Å². The van der Waals surface area contributed by atoms with E-state index in [0.29, 0.717) is 32.5 Å². The average Bonchev–Trinajstić information content (AvgIpc) is 2.77. The molecule has 1 N–H and O–H groups in total.